The molecule has 0 saturated heterocycles. The first kappa shape index (κ1) is 26.3. The number of anilines is 3. The van der Waals surface area contributed by atoms with Gasteiger partial charge in [0, 0.05) is 44.3 Å². The van der Waals surface area contributed by atoms with Crippen molar-refractivity contribution in [3.8, 4) is 11.8 Å². The predicted octanol–water partition coefficient (Wildman–Crippen LogP) is 6.92. The number of nitrogens with one attached hydrogen (secondary N) is 2. The van der Waals surface area contributed by atoms with Crippen molar-refractivity contribution in [1.29, 1.82) is 0 Å². The molecule has 3 aromatic rings. The number of benzene rings is 2. The number of hydrogen-bond donors (Lipinski definition) is 2. The van der Waals surface area contributed by atoms with Crippen LogP contribution < -0.4 is 10.6 Å². The Morgan fingerprint density at radius 1 is 0.919 bits per heavy atom. The summed E-state index contributed by atoms with van der Waals surface area (Å²) in [6.07, 6.45) is 16.2. The second-order valence-electron chi connectivity index (χ2n) is 10.8. The molecule has 3 aliphatic carbocycles. The number of hydrogen-bond acceptors (Lipinski definition) is 4. The molecule has 6 rings (SSSR count). The van der Waals surface area contributed by atoms with Crippen LogP contribution in [-0.2, 0) is 42.9 Å². The Bertz CT molecular complexity index is 1310. The zero-order valence-electron chi connectivity index (χ0n) is 21.4. The van der Waals surface area contributed by atoms with E-state index in [2.05, 4.69) is 62.8 Å². The Morgan fingerprint density at radius 3 is 2.35 bits per heavy atom. The molecule has 6 heteroatoms. The summed E-state index contributed by atoms with van der Waals surface area (Å²) in [6, 6.07) is 15.9. The molecule has 3 fully saturated rings. The van der Waals surface area contributed by atoms with Crippen molar-refractivity contribution in [2.24, 2.45) is 11.8 Å². The molecule has 5 nitrogen and oxygen atoms in total. The number of rotatable bonds is 5. The first-order valence-corrected chi connectivity index (χ1v) is 13.6. The molecule has 0 unspecified atom stereocenters. The smallest absolute Gasteiger partial charge is 0.298 e. The van der Waals surface area contributed by atoms with E-state index < -0.39 is 0 Å². The number of nitrogens with zero attached hydrogens (tertiary/aromatic N) is 2. The van der Waals surface area contributed by atoms with Gasteiger partial charge < -0.3 is 10.6 Å². The average Bonchev–Trinajstić information content (AvgIpc) is 3.79. The van der Waals surface area contributed by atoms with Crippen LogP contribution in [0.3, 0.4) is 0 Å². The fourth-order valence-electron chi connectivity index (χ4n) is 5.80. The molecule has 1 amide bonds. The SMILES string of the molecule is O=C(C#CC1CC1)Nc1[c-]c2c(Nc3ccc(C4(C5CCCCCCC5)CC4)cc3)ncnc2cc1.[Y]. The van der Waals surface area contributed by atoms with Gasteiger partial charge in [0.25, 0.3) is 5.91 Å². The Morgan fingerprint density at radius 2 is 1.65 bits per heavy atom. The fraction of sp³-hybridized carbons (Fsp3) is 0.452. The van der Waals surface area contributed by atoms with Crippen LogP contribution in [0.5, 0.6) is 0 Å². The number of carbonyl (C=O) groups is 1. The van der Waals surface area contributed by atoms with Crippen molar-refractivity contribution in [3.05, 3.63) is 54.4 Å². The topological polar surface area (TPSA) is 66.9 Å². The van der Waals surface area contributed by atoms with Gasteiger partial charge in [-0.25, -0.2) is 0 Å². The van der Waals surface area contributed by atoms with E-state index in [0.29, 0.717) is 22.8 Å². The maximum absolute atomic E-state index is 12.2. The van der Waals surface area contributed by atoms with Crippen molar-refractivity contribution in [2.45, 2.75) is 76.0 Å². The minimum atomic E-state index is -0.308. The van der Waals surface area contributed by atoms with Crippen LogP contribution in [0.1, 0.15) is 76.2 Å². The first-order valence-electron chi connectivity index (χ1n) is 13.6. The minimum absolute atomic E-state index is 0. The molecule has 2 N–H and O–H groups in total. The number of aromatic nitrogens is 2. The number of carbonyl (C=O) groups excluding carboxylic acids is 1. The van der Waals surface area contributed by atoms with Gasteiger partial charge in [-0.15, -0.1) is 18.2 Å². The van der Waals surface area contributed by atoms with E-state index in [1.807, 2.05) is 6.07 Å². The molecule has 0 bridgehead atoms. The standard InChI is InChI=1S/C31H33N4O.Y/c36-29(17-10-22-8-9-22)34-26-15-16-28-27(20-26)30(33-21-32-28)35-25-13-11-24(12-14-25)31(18-19-31)23-6-4-2-1-3-5-7-23;/h11-16,21-23H,1-9,18-19H2,(H,34,36)(H,32,33,35);/q-1;. The van der Waals surface area contributed by atoms with Gasteiger partial charge in [0.05, 0.1) is 12.1 Å². The van der Waals surface area contributed by atoms with Crippen LogP contribution in [0.4, 0.5) is 17.2 Å². The van der Waals surface area contributed by atoms with E-state index >= 15 is 0 Å². The summed E-state index contributed by atoms with van der Waals surface area (Å²) in [5.74, 6) is 7.26. The summed E-state index contributed by atoms with van der Waals surface area (Å²) in [6.45, 7) is 0. The molecule has 0 spiro atoms. The third-order valence-corrected chi connectivity index (χ3v) is 8.16. The Balaban J connectivity index is 0.00000280. The van der Waals surface area contributed by atoms with E-state index in [1.165, 1.54) is 63.4 Å². The fourth-order valence-corrected chi connectivity index (χ4v) is 5.80. The minimum Gasteiger partial charge on any atom is -0.380 e. The van der Waals surface area contributed by atoms with Crippen LogP contribution in [0, 0.1) is 29.7 Å². The van der Waals surface area contributed by atoms with Crippen LogP contribution in [0.15, 0.2) is 42.7 Å². The molecule has 1 aromatic heterocycles. The van der Waals surface area contributed by atoms with Crippen molar-refractivity contribution in [1.82, 2.24) is 9.97 Å². The normalized spacial score (nSPS) is 18.9. The van der Waals surface area contributed by atoms with Gasteiger partial charge in [-0.3, -0.25) is 14.8 Å². The van der Waals surface area contributed by atoms with Crippen molar-refractivity contribution in [3.63, 3.8) is 0 Å². The number of fused-ring (bicyclic) bond motifs is 1. The first-order chi connectivity index (χ1) is 17.7. The second-order valence-corrected chi connectivity index (χ2v) is 10.8. The maximum atomic E-state index is 12.2. The molecule has 0 aliphatic heterocycles. The molecule has 1 heterocycles. The zero-order valence-corrected chi connectivity index (χ0v) is 24.2. The van der Waals surface area contributed by atoms with Gasteiger partial charge in [0.15, 0.2) is 0 Å². The molecule has 3 aliphatic rings. The summed E-state index contributed by atoms with van der Waals surface area (Å²) in [4.78, 5) is 21.0. The monoisotopic (exact) mass is 566 g/mol. The molecule has 37 heavy (non-hydrogen) atoms. The van der Waals surface area contributed by atoms with Gasteiger partial charge in [-0.05, 0) is 84.7 Å². The van der Waals surface area contributed by atoms with E-state index in [-0.39, 0.29) is 38.6 Å². The maximum Gasteiger partial charge on any atom is 0.298 e. The molecule has 2 aromatic carbocycles. The molecular formula is C31H33N4OY-. The summed E-state index contributed by atoms with van der Waals surface area (Å²) >= 11 is 0. The van der Waals surface area contributed by atoms with Crippen LogP contribution in [0.25, 0.3) is 10.9 Å². The molecule has 3 saturated carbocycles. The van der Waals surface area contributed by atoms with Crippen LogP contribution >= 0.6 is 0 Å². The summed E-state index contributed by atoms with van der Waals surface area (Å²) < 4.78 is 0. The summed E-state index contributed by atoms with van der Waals surface area (Å²) in [5.41, 5.74) is 4.23. The Labute approximate surface area is 244 Å². The molecule has 187 valence electrons. The van der Waals surface area contributed by atoms with Crippen molar-refractivity contribution < 1.29 is 37.5 Å². The third-order valence-electron chi connectivity index (χ3n) is 8.16. The second kappa shape index (κ2) is 11.6. The van der Waals surface area contributed by atoms with E-state index in [0.717, 1.165) is 35.3 Å². The predicted molar refractivity (Wildman–Crippen MR) is 144 cm³/mol. The van der Waals surface area contributed by atoms with Crippen LogP contribution in [0.2, 0.25) is 0 Å². The van der Waals surface area contributed by atoms with Gasteiger partial charge in [0.1, 0.15) is 0 Å². The van der Waals surface area contributed by atoms with Gasteiger partial charge in [-0.1, -0.05) is 55.5 Å². The Kier molecular flexibility index (Phi) is 8.27. The average molecular weight is 567 g/mol. The van der Waals surface area contributed by atoms with E-state index in [1.54, 1.807) is 12.4 Å². The van der Waals surface area contributed by atoms with Gasteiger partial charge >= 0.3 is 0 Å². The number of amides is 1. The van der Waals surface area contributed by atoms with Crippen molar-refractivity contribution in [2.75, 3.05) is 10.6 Å². The van der Waals surface area contributed by atoms with Crippen LogP contribution in [-0.4, -0.2) is 15.9 Å². The largest absolute Gasteiger partial charge is 0.380 e. The quantitative estimate of drug-likeness (QED) is 0.260. The van der Waals surface area contributed by atoms with Gasteiger partial charge in [-0.2, -0.15) is 0 Å². The molecule has 0 atom stereocenters. The third kappa shape index (κ3) is 6.24. The van der Waals surface area contributed by atoms with E-state index in [4.69, 9.17) is 0 Å². The Hall–Kier alpha value is -2.29. The van der Waals surface area contributed by atoms with Gasteiger partial charge in [0.2, 0.25) is 0 Å². The zero-order chi connectivity index (χ0) is 24.4. The molecule has 1 radical (unpaired) electrons. The molecular weight excluding hydrogens is 533 g/mol. The summed E-state index contributed by atoms with van der Waals surface area (Å²) in [5, 5.41) is 7.02. The van der Waals surface area contributed by atoms with Crippen molar-refractivity contribution >= 4 is 34.0 Å². The van der Waals surface area contributed by atoms with E-state index in [9.17, 15) is 4.79 Å². The summed E-state index contributed by atoms with van der Waals surface area (Å²) in [7, 11) is 0.